The molecular weight excluding hydrogens is 480 g/mol. The van der Waals surface area contributed by atoms with Crippen molar-refractivity contribution in [1.82, 2.24) is 25.0 Å². The Morgan fingerprint density at radius 3 is 2.74 bits per heavy atom. The number of aromatic nitrogens is 3. The fourth-order valence-electron chi connectivity index (χ4n) is 5.52. The summed E-state index contributed by atoms with van der Waals surface area (Å²) in [6.45, 7) is 3.71. The van der Waals surface area contributed by atoms with Crippen LogP contribution in [0.5, 0.6) is 0 Å². The molecule has 1 saturated heterocycles. The summed E-state index contributed by atoms with van der Waals surface area (Å²) in [4.78, 5) is 33.8. The minimum Gasteiger partial charge on any atom is -0.441 e. The maximum absolute atomic E-state index is 13.3. The zero-order valence-electron chi connectivity index (χ0n) is 21.3. The van der Waals surface area contributed by atoms with Crippen LogP contribution in [0.3, 0.4) is 0 Å². The molecule has 1 atom stereocenters. The van der Waals surface area contributed by atoms with E-state index in [-0.39, 0.29) is 18.2 Å². The van der Waals surface area contributed by atoms with Crippen LogP contribution in [-0.4, -0.2) is 56.2 Å². The van der Waals surface area contributed by atoms with Gasteiger partial charge in [0, 0.05) is 55.6 Å². The average molecular weight is 511 g/mol. The molecule has 1 unspecified atom stereocenters. The van der Waals surface area contributed by atoms with Crippen LogP contribution in [0.4, 0.5) is 15.3 Å². The van der Waals surface area contributed by atoms with Gasteiger partial charge in [0.2, 0.25) is 0 Å². The summed E-state index contributed by atoms with van der Waals surface area (Å²) in [6, 6.07) is 15.9. The maximum atomic E-state index is 13.3. The molecule has 38 heavy (non-hydrogen) atoms. The number of likely N-dealkylation sites (tertiary alicyclic amines) is 1. The number of nitrogens with zero attached hydrogens (tertiary/aromatic N) is 4. The third kappa shape index (κ3) is 4.79. The molecule has 4 heterocycles. The quantitative estimate of drug-likeness (QED) is 0.384. The normalized spacial score (nSPS) is 16.7. The van der Waals surface area contributed by atoms with Gasteiger partial charge in [-0.1, -0.05) is 24.3 Å². The number of urea groups is 1. The molecule has 2 aliphatic heterocycles. The Morgan fingerprint density at radius 2 is 1.92 bits per heavy atom. The van der Waals surface area contributed by atoms with Crippen LogP contribution in [0.1, 0.15) is 41.2 Å². The Labute approximate surface area is 220 Å². The molecule has 0 bridgehead atoms. The highest BCUT2D eigenvalue weighted by Gasteiger charge is 2.33. The molecule has 6 rings (SSSR count). The fourth-order valence-corrected chi connectivity index (χ4v) is 5.52. The maximum Gasteiger partial charge on any atom is 0.410 e. The van der Waals surface area contributed by atoms with Crippen molar-refractivity contribution >= 4 is 28.7 Å². The highest BCUT2D eigenvalue weighted by molar-refractivity contribution is 5.92. The van der Waals surface area contributed by atoms with E-state index in [1.54, 1.807) is 17.3 Å². The molecule has 2 aliphatic rings. The number of piperidine rings is 1. The number of ether oxygens (including phenoxy) is 1. The summed E-state index contributed by atoms with van der Waals surface area (Å²) in [7, 11) is 0. The number of hydrogen-bond acceptors (Lipinski definition) is 5. The lowest BCUT2D eigenvalue weighted by Crippen LogP contribution is -2.51. The van der Waals surface area contributed by atoms with Gasteiger partial charge in [0.25, 0.3) is 0 Å². The number of pyridine rings is 1. The van der Waals surface area contributed by atoms with Crippen LogP contribution < -0.4 is 5.32 Å². The van der Waals surface area contributed by atoms with E-state index in [9.17, 15) is 9.59 Å². The molecule has 1 fully saturated rings. The van der Waals surface area contributed by atoms with Gasteiger partial charge in [0.05, 0.1) is 11.7 Å². The number of carbonyl (C=O) groups is 2. The van der Waals surface area contributed by atoms with Crippen LogP contribution in [0.2, 0.25) is 0 Å². The second kappa shape index (κ2) is 10.2. The van der Waals surface area contributed by atoms with Crippen LogP contribution in [-0.2, 0) is 17.7 Å². The van der Waals surface area contributed by atoms with E-state index in [2.05, 4.69) is 32.6 Å². The Bertz CT molecular complexity index is 1460. The summed E-state index contributed by atoms with van der Waals surface area (Å²) in [5.74, 6) is 0. The second-order valence-corrected chi connectivity index (χ2v) is 10.0. The van der Waals surface area contributed by atoms with Gasteiger partial charge in [-0.05, 0) is 66.3 Å². The van der Waals surface area contributed by atoms with E-state index in [4.69, 9.17) is 4.74 Å². The number of H-pyrrole nitrogens is 1. The van der Waals surface area contributed by atoms with Gasteiger partial charge in [-0.2, -0.15) is 5.10 Å². The highest BCUT2D eigenvalue weighted by atomic mass is 16.6. The molecule has 4 aromatic rings. The molecule has 0 saturated carbocycles. The third-order valence-corrected chi connectivity index (χ3v) is 7.57. The molecule has 0 aliphatic carbocycles. The molecule has 194 valence electrons. The van der Waals surface area contributed by atoms with E-state index in [1.807, 2.05) is 54.4 Å². The third-order valence-electron chi connectivity index (χ3n) is 7.57. The number of anilines is 1. The number of amides is 3. The van der Waals surface area contributed by atoms with Gasteiger partial charge in [-0.25, -0.2) is 9.59 Å². The lowest BCUT2D eigenvalue weighted by molar-refractivity contribution is 0.0477. The number of aromatic amines is 1. The first kappa shape index (κ1) is 24.0. The number of fused-ring (bicyclic) bond motifs is 2. The molecular formula is C29H30N6O3. The minimum absolute atomic E-state index is 0.0765. The molecule has 2 N–H and O–H groups in total. The second-order valence-electron chi connectivity index (χ2n) is 10.0. The predicted octanol–water partition coefficient (Wildman–Crippen LogP) is 5.20. The van der Waals surface area contributed by atoms with Crippen molar-refractivity contribution in [3.8, 4) is 0 Å². The van der Waals surface area contributed by atoms with Gasteiger partial charge < -0.3 is 19.9 Å². The van der Waals surface area contributed by atoms with Gasteiger partial charge in [-0.3, -0.25) is 10.1 Å². The van der Waals surface area contributed by atoms with E-state index in [0.29, 0.717) is 38.9 Å². The molecule has 9 nitrogen and oxygen atoms in total. The first-order valence-electron chi connectivity index (χ1n) is 13.0. The van der Waals surface area contributed by atoms with Crippen LogP contribution in [0.25, 0.3) is 10.9 Å². The standard InChI is InChI=1S/C29H30N6O3/c1-19-14-20(15-23-17-31-33-27(19)23)16-26(21-6-10-30-11-7-21)38-29(37)34-12-8-24(9-13-34)35-18-22-4-2-3-5-25(22)32-28(35)36/h2-7,10-11,14-15,17,24,26H,8-9,12-13,16,18H2,1H3,(H,31,33)(H,32,36). The number of benzene rings is 2. The zero-order valence-corrected chi connectivity index (χ0v) is 21.3. The first-order valence-corrected chi connectivity index (χ1v) is 13.0. The molecule has 3 amide bonds. The van der Waals surface area contributed by atoms with Crippen molar-refractivity contribution in [3.63, 3.8) is 0 Å². The van der Waals surface area contributed by atoms with Gasteiger partial charge in [0.15, 0.2) is 0 Å². The lowest BCUT2D eigenvalue weighted by Gasteiger charge is -2.40. The number of para-hydroxylation sites is 1. The fraction of sp³-hybridized carbons (Fsp3) is 0.310. The van der Waals surface area contributed by atoms with Crippen molar-refractivity contribution in [2.75, 3.05) is 18.4 Å². The number of rotatable bonds is 5. The number of carbonyl (C=O) groups excluding carboxylic acids is 2. The Morgan fingerprint density at radius 1 is 1.13 bits per heavy atom. The van der Waals surface area contributed by atoms with Crippen LogP contribution in [0.15, 0.2) is 67.1 Å². The van der Waals surface area contributed by atoms with Crippen molar-refractivity contribution in [3.05, 3.63) is 89.4 Å². The summed E-state index contributed by atoms with van der Waals surface area (Å²) in [5, 5.41) is 11.2. The van der Waals surface area contributed by atoms with Crippen LogP contribution >= 0.6 is 0 Å². The monoisotopic (exact) mass is 510 g/mol. The Hall–Kier alpha value is -4.40. The molecule has 0 radical (unpaired) electrons. The van der Waals surface area contributed by atoms with Crippen LogP contribution in [0, 0.1) is 6.92 Å². The SMILES string of the molecule is Cc1cc(CC(OC(=O)N2CCC(N3Cc4ccccc4NC3=O)CC2)c2ccncc2)cc2cn[nH]c12. The minimum atomic E-state index is -0.448. The summed E-state index contributed by atoms with van der Waals surface area (Å²) in [6.07, 6.45) is 6.42. The van der Waals surface area contributed by atoms with Crippen molar-refractivity contribution in [2.24, 2.45) is 0 Å². The van der Waals surface area contributed by atoms with Gasteiger partial charge in [0.1, 0.15) is 6.10 Å². The average Bonchev–Trinajstić information content (AvgIpc) is 3.42. The highest BCUT2D eigenvalue weighted by Crippen LogP contribution is 2.30. The lowest BCUT2D eigenvalue weighted by atomic mass is 9.99. The topological polar surface area (TPSA) is 103 Å². The van der Waals surface area contributed by atoms with E-state index in [0.717, 1.165) is 38.8 Å². The summed E-state index contributed by atoms with van der Waals surface area (Å²) >= 11 is 0. The van der Waals surface area contributed by atoms with E-state index >= 15 is 0 Å². The zero-order chi connectivity index (χ0) is 26.1. The molecule has 2 aromatic carbocycles. The number of aryl methyl sites for hydroxylation is 1. The molecule has 9 heteroatoms. The predicted molar refractivity (Wildman–Crippen MR) is 144 cm³/mol. The Kier molecular flexibility index (Phi) is 6.41. The first-order chi connectivity index (χ1) is 18.5. The molecule has 2 aromatic heterocycles. The smallest absolute Gasteiger partial charge is 0.410 e. The number of hydrogen-bond donors (Lipinski definition) is 2. The van der Waals surface area contributed by atoms with Crippen molar-refractivity contribution in [1.29, 1.82) is 0 Å². The van der Waals surface area contributed by atoms with Gasteiger partial charge >= 0.3 is 12.1 Å². The largest absolute Gasteiger partial charge is 0.441 e. The van der Waals surface area contributed by atoms with Crippen molar-refractivity contribution in [2.45, 2.75) is 44.9 Å². The van der Waals surface area contributed by atoms with E-state index in [1.165, 1.54) is 0 Å². The Balaban J connectivity index is 1.12. The van der Waals surface area contributed by atoms with Gasteiger partial charge in [-0.15, -0.1) is 0 Å². The number of nitrogens with one attached hydrogen (secondary N) is 2. The van der Waals surface area contributed by atoms with E-state index < -0.39 is 6.10 Å². The van der Waals surface area contributed by atoms with Crippen molar-refractivity contribution < 1.29 is 14.3 Å². The molecule has 0 spiro atoms. The summed E-state index contributed by atoms with van der Waals surface area (Å²) < 4.78 is 6.10. The summed E-state index contributed by atoms with van der Waals surface area (Å²) in [5.41, 5.74) is 6.07.